The molecule has 0 bridgehead atoms. The molecule has 0 radical (unpaired) electrons. The van der Waals surface area contributed by atoms with Crippen LogP contribution in [0.15, 0.2) is 0 Å². The Labute approximate surface area is 56.4 Å². The van der Waals surface area contributed by atoms with E-state index < -0.39 is 18.3 Å². The summed E-state index contributed by atoms with van der Waals surface area (Å²) >= 11 is 4.83. The third kappa shape index (κ3) is 4.14. The zero-order valence-electron chi connectivity index (χ0n) is 4.77. The molecule has 54 valence electrons. The Kier molecular flexibility index (Phi) is 3.46. The summed E-state index contributed by atoms with van der Waals surface area (Å²) < 4.78 is 22.8. The van der Waals surface area contributed by atoms with Crippen molar-refractivity contribution in [3.63, 3.8) is 0 Å². The van der Waals surface area contributed by atoms with Crippen LogP contribution in [0.5, 0.6) is 0 Å². The molecule has 0 aromatic heterocycles. The van der Waals surface area contributed by atoms with Crippen molar-refractivity contribution in [2.24, 2.45) is 0 Å². The van der Waals surface area contributed by atoms with E-state index in [4.69, 9.17) is 11.6 Å². The topological polar surface area (TPSA) is 20.3 Å². The van der Waals surface area contributed by atoms with E-state index in [2.05, 4.69) is 0 Å². The average molecular weight is 158 g/mol. The Morgan fingerprint density at radius 1 is 1.78 bits per heavy atom. The van der Waals surface area contributed by atoms with Gasteiger partial charge < -0.3 is 4.90 Å². The molecule has 0 heterocycles. The monoisotopic (exact) mass is 157 g/mol. The fourth-order valence-electron chi connectivity index (χ4n) is 0.279. The molecule has 0 atom stereocenters. The number of nitrogens with zero attached hydrogens (tertiary/aromatic N) is 1. The van der Waals surface area contributed by atoms with Gasteiger partial charge in [-0.15, -0.1) is 0 Å². The van der Waals surface area contributed by atoms with Crippen molar-refractivity contribution in [2.75, 3.05) is 13.6 Å². The minimum atomic E-state index is -2.52. The second kappa shape index (κ2) is 3.61. The molecule has 0 fully saturated rings. The highest BCUT2D eigenvalue weighted by atomic mass is 35.5. The Balaban J connectivity index is 3.50. The van der Waals surface area contributed by atoms with E-state index in [1.807, 2.05) is 0 Å². The average Bonchev–Trinajstić information content (AvgIpc) is 1.63. The van der Waals surface area contributed by atoms with E-state index in [-0.39, 0.29) is 0 Å². The molecule has 0 unspecified atom stereocenters. The molecule has 0 aliphatic heterocycles. The third-order valence-corrected chi connectivity index (χ3v) is 1.00. The summed E-state index contributed by atoms with van der Waals surface area (Å²) in [7, 11) is 1.21. The highest BCUT2D eigenvalue weighted by Gasteiger charge is 2.10. The van der Waals surface area contributed by atoms with Gasteiger partial charge in [0.05, 0.1) is 6.54 Å². The third-order valence-electron chi connectivity index (χ3n) is 0.712. The van der Waals surface area contributed by atoms with Gasteiger partial charge in [-0.25, -0.2) is 8.78 Å². The van der Waals surface area contributed by atoms with Crippen LogP contribution in [0.2, 0.25) is 0 Å². The number of amides is 1. The first-order valence-electron chi connectivity index (χ1n) is 2.22. The van der Waals surface area contributed by atoms with Gasteiger partial charge in [0.25, 0.3) is 6.43 Å². The number of hydrogen-bond acceptors (Lipinski definition) is 1. The van der Waals surface area contributed by atoms with Crippen molar-refractivity contribution >= 4 is 17.0 Å². The SMILES string of the molecule is CN(CC(F)F)C(=O)Cl. The van der Waals surface area contributed by atoms with Gasteiger partial charge >= 0.3 is 5.37 Å². The summed E-state index contributed by atoms with van der Waals surface area (Å²) in [5.74, 6) is 0. The van der Waals surface area contributed by atoms with Gasteiger partial charge in [0.2, 0.25) is 0 Å². The smallest absolute Gasteiger partial charge is 0.316 e. The van der Waals surface area contributed by atoms with Crippen LogP contribution >= 0.6 is 11.6 Å². The fourth-order valence-corrected chi connectivity index (χ4v) is 0.348. The van der Waals surface area contributed by atoms with Crippen LogP contribution < -0.4 is 0 Å². The Morgan fingerprint density at radius 2 is 2.22 bits per heavy atom. The number of halogens is 3. The number of carbonyl (C=O) groups is 1. The molecule has 0 saturated heterocycles. The van der Waals surface area contributed by atoms with Crippen molar-refractivity contribution < 1.29 is 13.6 Å². The molecule has 9 heavy (non-hydrogen) atoms. The maximum absolute atomic E-state index is 11.4. The number of carbonyl (C=O) groups excluding carboxylic acids is 1. The van der Waals surface area contributed by atoms with Crippen LogP contribution in [0.25, 0.3) is 0 Å². The van der Waals surface area contributed by atoms with Gasteiger partial charge in [0, 0.05) is 7.05 Å². The minimum absolute atomic E-state index is 0.609. The second-order valence-electron chi connectivity index (χ2n) is 1.52. The van der Waals surface area contributed by atoms with E-state index in [9.17, 15) is 13.6 Å². The molecule has 0 aromatic carbocycles. The summed E-state index contributed by atoms with van der Waals surface area (Å²) in [4.78, 5) is 10.8. The Hall–Kier alpha value is -0.380. The first kappa shape index (κ1) is 8.62. The Bertz CT molecular complexity index is 109. The fraction of sp³-hybridized carbons (Fsp3) is 0.750. The van der Waals surface area contributed by atoms with E-state index >= 15 is 0 Å². The van der Waals surface area contributed by atoms with Crippen LogP contribution in [0.1, 0.15) is 0 Å². The lowest BCUT2D eigenvalue weighted by atomic mass is 10.6. The molecule has 0 saturated carbocycles. The van der Waals surface area contributed by atoms with Gasteiger partial charge in [-0.1, -0.05) is 0 Å². The largest absolute Gasteiger partial charge is 0.327 e. The van der Waals surface area contributed by atoms with Crippen LogP contribution in [-0.2, 0) is 0 Å². The summed E-state index contributed by atoms with van der Waals surface area (Å²) in [6.07, 6.45) is -2.52. The molecular weight excluding hydrogens is 151 g/mol. The summed E-state index contributed by atoms with van der Waals surface area (Å²) in [6, 6.07) is 0. The van der Waals surface area contributed by atoms with Crippen molar-refractivity contribution in [2.45, 2.75) is 6.43 Å². The zero-order valence-corrected chi connectivity index (χ0v) is 5.53. The number of rotatable bonds is 2. The predicted molar refractivity (Wildman–Crippen MR) is 29.9 cm³/mol. The normalized spacial score (nSPS) is 9.89. The van der Waals surface area contributed by atoms with Gasteiger partial charge in [-0.3, -0.25) is 4.79 Å². The Morgan fingerprint density at radius 3 is 2.33 bits per heavy atom. The van der Waals surface area contributed by atoms with Crippen molar-refractivity contribution in [1.29, 1.82) is 0 Å². The highest BCUT2D eigenvalue weighted by Crippen LogP contribution is 1.98. The summed E-state index contributed by atoms with van der Waals surface area (Å²) in [5, 5.41) is -0.865. The number of alkyl halides is 2. The van der Waals surface area contributed by atoms with Gasteiger partial charge in [0.1, 0.15) is 0 Å². The first-order chi connectivity index (χ1) is 4.04. The summed E-state index contributed by atoms with van der Waals surface area (Å²) in [5.41, 5.74) is 0. The van der Waals surface area contributed by atoms with Crippen molar-refractivity contribution in [1.82, 2.24) is 4.90 Å². The lowest BCUT2D eigenvalue weighted by Gasteiger charge is -2.10. The molecule has 0 spiro atoms. The van der Waals surface area contributed by atoms with Gasteiger partial charge in [0.15, 0.2) is 0 Å². The molecule has 2 nitrogen and oxygen atoms in total. The van der Waals surface area contributed by atoms with E-state index in [0.717, 1.165) is 4.90 Å². The molecule has 0 aliphatic carbocycles. The lowest BCUT2D eigenvalue weighted by Crippen LogP contribution is -2.26. The lowest BCUT2D eigenvalue weighted by molar-refractivity contribution is 0.114. The maximum Gasteiger partial charge on any atom is 0.316 e. The van der Waals surface area contributed by atoms with E-state index in [1.165, 1.54) is 7.05 Å². The molecule has 0 aromatic rings. The van der Waals surface area contributed by atoms with Gasteiger partial charge in [-0.2, -0.15) is 0 Å². The molecule has 0 aliphatic rings. The molecule has 0 N–H and O–H groups in total. The van der Waals surface area contributed by atoms with E-state index in [1.54, 1.807) is 0 Å². The molecular formula is C4H6ClF2NO. The predicted octanol–water partition coefficient (Wildman–Crippen LogP) is 1.54. The maximum atomic E-state index is 11.4. The van der Waals surface area contributed by atoms with Gasteiger partial charge in [-0.05, 0) is 11.6 Å². The van der Waals surface area contributed by atoms with E-state index in [0.29, 0.717) is 0 Å². The standard InChI is InChI=1S/C4H6ClF2NO/c1-8(4(5)9)2-3(6)7/h3H,2H2,1H3. The zero-order chi connectivity index (χ0) is 7.44. The second-order valence-corrected chi connectivity index (χ2v) is 1.85. The van der Waals surface area contributed by atoms with Crippen LogP contribution in [0, 0.1) is 0 Å². The molecule has 0 rings (SSSR count). The minimum Gasteiger partial charge on any atom is -0.327 e. The summed E-state index contributed by atoms with van der Waals surface area (Å²) in [6.45, 7) is -0.609. The van der Waals surface area contributed by atoms with Crippen LogP contribution in [0.4, 0.5) is 13.6 Å². The van der Waals surface area contributed by atoms with Crippen molar-refractivity contribution in [3.05, 3.63) is 0 Å². The van der Waals surface area contributed by atoms with Crippen LogP contribution in [0.3, 0.4) is 0 Å². The quantitative estimate of drug-likeness (QED) is 0.440. The number of hydrogen-bond donors (Lipinski definition) is 0. The molecule has 5 heteroatoms. The molecule has 1 amide bonds. The highest BCUT2D eigenvalue weighted by molar-refractivity contribution is 6.62. The van der Waals surface area contributed by atoms with Crippen LogP contribution in [-0.4, -0.2) is 30.3 Å². The first-order valence-corrected chi connectivity index (χ1v) is 2.60. The van der Waals surface area contributed by atoms with Crippen molar-refractivity contribution in [3.8, 4) is 0 Å².